The van der Waals surface area contributed by atoms with Crippen LogP contribution in [-0.2, 0) is 4.74 Å². The Kier molecular flexibility index (Phi) is 6.09. The van der Waals surface area contributed by atoms with Crippen LogP contribution in [0.25, 0.3) is 0 Å². The average Bonchev–Trinajstić information content (AvgIpc) is 2.65. The monoisotopic (exact) mass is 370 g/mol. The van der Waals surface area contributed by atoms with Gasteiger partial charge < -0.3 is 14.5 Å². The van der Waals surface area contributed by atoms with E-state index in [2.05, 4.69) is 61.2 Å². The molecule has 138 valence electrons. The molecule has 5 heteroatoms. The van der Waals surface area contributed by atoms with E-state index >= 15 is 0 Å². The third-order valence-electron chi connectivity index (χ3n) is 4.56. The first-order valence-corrected chi connectivity index (χ1v) is 9.91. The summed E-state index contributed by atoms with van der Waals surface area (Å²) >= 11 is 1.81. The van der Waals surface area contributed by atoms with Crippen LogP contribution in [0.3, 0.4) is 0 Å². The summed E-state index contributed by atoms with van der Waals surface area (Å²) in [6.07, 6.45) is -0.204. The predicted molar refractivity (Wildman–Crippen MR) is 107 cm³/mol. The van der Waals surface area contributed by atoms with Gasteiger partial charge in [-0.1, -0.05) is 41.6 Å². The van der Waals surface area contributed by atoms with E-state index in [1.54, 1.807) is 4.90 Å². The summed E-state index contributed by atoms with van der Waals surface area (Å²) in [6.45, 7) is 9.59. The molecule has 4 nitrogen and oxygen atoms in total. The van der Waals surface area contributed by atoms with Crippen molar-refractivity contribution in [3.63, 3.8) is 0 Å². The van der Waals surface area contributed by atoms with Crippen molar-refractivity contribution in [1.29, 1.82) is 0 Å². The van der Waals surface area contributed by atoms with Crippen LogP contribution in [0.15, 0.2) is 52.3 Å². The second-order valence-electron chi connectivity index (χ2n) is 6.51. The Morgan fingerprint density at radius 3 is 2.46 bits per heavy atom. The van der Waals surface area contributed by atoms with Crippen molar-refractivity contribution in [1.82, 2.24) is 4.90 Å². The van der Waals surface area contributed by atoms with Gasteiger partial charge >= 0.3 is 6.09 Å². The van der Waals surface area contributed by atoms with Gasteiger partial charge in [0.05, 0.1) is 12.3 Å². The molecule has 0 radical (unpaired) electrons. The fourth-order valence-electron chi connectivity index (χ4n) is 3.18. The number of rotatable bonds is 4. The molecule has 2 aromatic carbocycles. The maximum atomic E-state index is 11.9. The van der Waals surface area contributed by atoms with Crippen molar-refractivity contribution >= 4 is 23.5 Å². The Labute approximate surface area is 160 Å². The Hall–Kier alpha value is -2.14. The van der Waals surface area contributed by atoms with Gasteiger partial charge in [-0.25, -0.2) is 4.79 Å². The maximum Gasteiger partial charge on any atom is 0.409 e. The summed E-state index contributed by atoms with van der Waals surface area (Å²) in [5.41, 5.74) is 3.83. The number of para-hydroxylation sites is 1. The van der Waals surface area contributed by atoms with Gasteiger partial charge in [0.1, 0.15) is 0 Å². The third kappa shape index (κ3) is 4.33. The van der Waals surface area contributed by atoms with Crippen molar-refractivity contribution in [3.05, 3.63) is 53.6 Å². The highest BCUT2D eigenvalue weighted by atomic mass is 32.2. The molecule has 1 fully saturated rings. The quantitative estimate of drug-likeness (QED) is 0.779. The minimum Gasteiger partial charge on any atom is -0.450 e. The number of carbonyl (C=O) groups excluding carboxylic acids is 1. The van der Waals surface area contributed by atoms with Crippen molar-refractivity contribution < 1.29 is 9.53 Å². The first-order valence-electron chi connectivity index (χ1n) is 9.09. The van der Waals surface area contributed by atoms with E-state index in [4.69, 9.17) is 4.74 Å². The maximum absolute atomic E-state index is 11.9. The molecule has 0 atom stereocenters. The molecule has 1 saturated heterocycles. The summed E-state index contributed by atoms with van der Waals surface area (Å²) in [5.74, 6) is 0. The average molecular weight is 371 g/mol. The number of amides is 1. The Bertz CT molecular complexity index is 770. The van der Waals surface area contributed by atoms with E-state index < -0.39 is 0 Å². The number of hydrogen-bond donors (Lipinski definition) is 0. The molecule has 1 aliphatic heterocycles. The molecule has 1 amide bonds. The van der Waals surface area contributed by atoms with Gasteiger partial charge in [-0.2, -0.15) is 0 Å². The molecule has 0 saturated carbocycles. The number of hydrogen-bond acceptors (Lipinski definition) is 4. The number of anilines is 1. The first kappa shape index (κ1) is 18.6. The van der Waals surface area contributed by atoms with Crippen molar-refractivity contribution in [2.75, 3.05) is 37.7 Å². The normalized spacial score (nSPS) is 14.4. The Balaban J connectivity index is 1.73. The molecule has 3 rings (SSSR count). The fraction of sp³-hybridized carbons (Fsp3) is 0.381. The number of carbonyl (C=O) groups is 1. The molecule has 0 aliphatic carbocycles. The minimum absolute atomic E-state index is 0.204. The zero-order chi connectivity index (χ0) is 18.5. The highest BCUT2D eigenvalue weighted by Gasteiger charge is 2.23. The SMILES string of the molecule is CCOC(=O)N1CCN(c2ccccc2Sc2ccc(C)cc2C)CC1. The lowest BCUT2D eigenvalue weighted by Crippen LogP contribution is -2.49. The second kappa shape index (κ2) is 8.49. The minimum atomic E-state index is -0.204. The summed E-state index contributed by atoms with van der Waals surface area (Å²) < 4.78 is 5.11. The molecule has 0 unspecified atom stereocenters. The number of piperazine rings is 1. The largest absolute Gasteiger partial charge is 0.450 e. The molecule has 1 heterocycles. The van der Waals surface area contributed by atoms with Crippen molar-refractivity contribution in [2.24, 2.45) is 0 Å². The van der Waals surface area contributed by atoms with E-state index in [1.807, 2.05) is 18.7 Å². The summed E-state index contributed by atoms with van der Waals surface area (Å²) in [7, 11) is 0. The second-order valence-corrected chi connectivity index (χ2v) is 7.60. The van der Waals surface area contributed by atoms with Crippen LogP contribution in [0.2, 0.25) is 0 Å². The molecule has 0 spiro atoms. The van der Waals surface area contributed by atoms with Gasteiger partial charge in [0, 0.05) is 36.0 Å². The Morgan fingerprint density at radius 2 is 1.77 bits per heavy atom. The van der Waals surface area contributed by atoms with E-state index in [1.165, 1.54) is 26.6 Å². The third-order valence-corrected chi connectivity index (χ3v) is 5.81. The van der Waals surface area contributed by atoms with Crippen LogP contribution >= 0.6 is 11.8 Å². The highest BCUT2D eigenvalue weighted by Crippen LogP contribution is 2.37. The van der Waals surface area contributed by atoms with Gasteiger partial charge in [0.2, 0.25) is 0 Å². The van der Waals surface area contributed by atoms with E-state index in [-0.39, 0.29) is 6.09 Å². The lowest BCUT2D eigenvalue weighted by molar-refractivity contribution is 0.105. The van der Waals surface area contributed by atoms with Gasteiger partial charge in [-0.05, 0) is 44.5 Å². The summed E-state index contributed by atoms with van der Waals surface area (Å²) in [5, 5.41) is 0. The molecular weight excluding hydrogens is 344 g/mol. The number of nitrogens with zero attached hydrogens (tertiary/aromatic N) is 2. The van der Waals surface area contributed by atoms with Gasteiger partial charge in [-0.15, -0.1) is 0 Å². The van der Waals surface area contributed by atoms with Gasteiger partial charge in [-0.3, -0.25) is 0 Å². The standard InChI is InChI=1S/C21H26N2O2S/c1-4-25-21(24)23-13-11-22(12-14-23)18-7-5-6-8-20(18)26-19-10-9-16(2)15-17(19)3/h5-10,15H,4,11-14H2,1-3H3. The molecule has 1 aliphatic rings. The topological polar surface area (TPSA) is 32.8 Å². The van der Waals surface area contributed by atoms with Crippen LogP contribution in [0.4, 0.5) is 10.5 Å². The van der Waals surface area contributed by atoms with Crippen LogP contribution in [0.5, 0.6) is 0 Å². The van der Waals surface area contributed by atoms with Crippen molar-refractivity contribution in [2.45, 2.75) is 30.6 Å². The molecule has 2 aromatic rings. The Morgan fingerprint density at radius 1 is 1.04 bits per heavy atom. The molecule has 0 N–H and O–H groups in total. The number of aryl methyl sites for hydroxylation is 2. The van der Waals surface area contributed by atoms with Gasteiger partial charge in [0.15, 0.2) is 0 Å². The van der Waals surface area contributed by atoms with Crippen LogP contribution in [0, 0.1) is 13.8 Å². The number of benzene rings is 2. The van der Waals surface area contributed by atoms with E-state index in [9.17, 15) is 4.79 Å². The van der Waals surface area contributed by atoms with Crippen LogP contribution in [-0.4, -0.2) is 43.8 Å². The molecule has 0 bridgehead atoms. The highest BCUT2D eigenvalue weighted by molar-refractivity contribution is 7.99. The molecular formula is C21H26N2O2S. The van der Waals surface area contributed by atoms with Crippen LogP contribution in [0.1, 0.15) is 18.1 Å². The van der Waals surface area contributed by atoms with Crippen LogP contribution < -0.4 is 4.90 Å². The zero-order valence-corrected chi connectivity index (χ0v) is 16.5. The lowest BCUT2D eigenvalue weighted by Gasteiger charge is -2.36. The summed E-state index contributed by atoms with van der Waals surface area (Å²) in [4.78, 5) is 18.6. The summed E-state index contributed by atoms with van der Waals surface area (Å²) in [6, 6.07) is 15.1. The van der Waals surface area contributed by atoms with Gasteiger partial charge in [0.25, 0.3) is 0 Å². The predicted octanol–water partition coefficient (Wildman–Crippen LogP) is 4.73. The fourth-order valence-corrected chi connectivity index (χ4v) is 4.22. The van der Waals surface area contributed by atoms with E-state index in [0.29, 0.717) is 19.7 Å². The zero-order valence-electron chi connectivity index (χ0n) is 15.7. The number of ether oxygens (including phenoxy) is 1. The smallest absolute Gasteiger partial charge is 0.409 e. The molecule has 26 heavy (non-hydrogen) atoms. The molecule has 0 aromatic heterocycles. The lowest BCUT2D eigenvalue weighted by atomic mass is 10.2. The van der Waals surface area contributed by atoms with Crippen molar-refractivity contribution in [3.8, 4) is 0 Å². The first-order chi connectivity index (χ1) is 12.6. The van der Waals surface area contributed by atoms with E-state index in [0.717, 1.165) is 13.1 Å².